The van der Waals surface area contributed by atoms with Crippen LogP contribution in [0.4, 0.5) is 11.5 Å². The van der Waals surface area contributed by atoms with Gasteiger partial charge in [-0.2, -0.15) is 0 Å². The Bertz CT molecular complexity index is 1120. The second kappa shape index (κ2) is 6.41. The lowest BCUT2D eigenvalue weighted by Crippen LogP contribution is -2.14. The predicted octanol–water partition coefficient (Wildman–Crippen LogP) is 2.83. The van der Waals surface area contributed by atoms with Crippen molar-refractivity contribution in [1.29, 1.82) is 0 Å². The lowest BCUT2D eigenvalue weighted by Gasteiger charge is -2.08. The summed E-state index contributed by atoms with van der Waals surface area (Å²) in [6, 6.07) is 14.2. The van der Waals surface area contributed by atoms with Crippen LogP contribution >= 0.6 is 0 Å². The van der Waals surface area contributed by atoms with Gasteiger partial charge in [-0.3, -0.25) is 14.5 Å². The van der Waals surface area contributed by atoms with Crippen molar-refractivity contribution >= 4 is 28.2 Å². The molecule has 0 atom stereocenters. The Morgan fingerprint density at radius 3 is 2.81 bits per heavy atom. The number of aromatic nitrogens is 3. The summed E-state index contributed by atoms with van der Waals surface area (Å²) in [5.74, 6) is 0.630. The Morgan fingerprint density at radius 2 is 2.00 bits per heavy atom. The van der Waals surface area contributed by atoms with Gasteiger partial charge < -0.3 is 11.1 Å². The Kier molecular flexibility index (Phi) is 3.94. The number of nitro benzene ring substituents is 1. The zero-order chi connectivity index (χ0) is 18.1. The quantitative estimate of drug-likeness (QED) is 0.424. The molecule has 2 aromatic carbocycles. The van der Waals surface area contributed by atoms with Crippen LogP contribution in [0.3, 0.4) is 0 Å². The molecule has 0 aliphatic carbocycles. The van der Waals surface area contributed by atoms with E-state index in [0.717, 1.165) is 11.0 Å². The number of non-ortho nitro benzene ring substituents is 1. The van der Waals surface area contributed by atoms with Crippen molar-refractivity contribution in [1.82, 2.24) is 14.4 Å². The highest BCUT2D eigenvalue weighted by Gasteiger charge is 2.14. The summed E-state index contributed by atoms with van der Waals surface area (Å²) in [6.45, 7) is 1.04. The van der Waals surface area contributed by atoms with E-state index in [1.807, 2.05) is 34.9 Å². The molecule has 8 heteroatoms. The number of nitrogens with zero attached hydrogens (tertiary/aromatic N) is 4. The summed E-state index contributed by atoms with van der Waals surface area (Å²) in [5, 5.41) is 14.2. The number of benzene rings is 2. The first-order valence-corrected chi connectivity index (χ1v) is 8.14. The van der Waals surface area contributed by atoms with E-state index in [4.69, 9.17) is 5.73 Å². The van der Waals surface area contributed by atoms with Crippen LogP contribution in [0.25, 0.3) is 27.9 Å². The largest absolute Gasteiger partial charge is 0.366 e. The molecule has 2 aromatic heterocycles. The molecule has 4 aromatic rings. The summed E-state index contributed by atoms with van der Waals surface area (Å²) in [4.78, 5) is 19.9. The van der Waals surface area contributed by atoms with Crippen molar-refractivity contribution in [2.45, 2.75) is 0 Å². The van der Waals surface area contributed by atoms with Crippen molar-refractivity contribution in [3.63, 3.8) is 0 Å². The number of fused-ring (bicyclic) bond motifs is 3. The van der Waals surface area contributed by atoms with E-state index < -0.39 is 4.92 Å². The average molecular weight is 348 g/mol. The zero-order valence-electron chi connectivity index (χ0n) is 13.8. The molecule has 0 spiro atoms. The van der Waals surface area contributed by atoms with E-state index >= 15 is 0 Å². The minimum Gasteiger partial charge on any atom is -0.366 e. The average Bonchev–Trinajstić information content (AvgIpc) is 3.12. The topological polar surface area (TPSA) is 111 Å². The maximum absolute atomic E-state index is 11.1. The van der Waals surface area contributed by atoms with Gasteiger partial charge >= 0.3 is 0 Å². The number of nitrogens with two attached hydrogens (primary N) is 1. The fourth-order valence-electron chi connectivity index (χ4n) is 2.89. The van der Waals surface area contributed by atoms with E-state index in [-0.39, 0.29) is 5.69 Å². The van der Waals surface area contributed by atoms with E-state index in [2.05, 4.69) is 15.3 Å². The molecule has 0 amide bonds. The number of hydrogen-bond donors (Lipinski definition) is 2. The van der Waals surface area contributed by atoms with Gasteiger partial charge in [0.05, 0.1) is 21.7 Å². The summed E-state index contributed by atoms with van der Waals surface area (Å²) in [5.41, 5.74) is 9.32. The lowest BCUT2D eigenvalue weighted by molar-refractivity contribution is -0.384. The van der Waals surface area contributed by atoms with Crippen LogP contribution in [0.2, 0.25) is 0 Å². The van der Waals surface area contributed by atoms with Crippen molar-refractivity contribution in [2.75, 3.05) is 18.4 Å². The molecule has 26 heavy (non-hydrogen) atoms. The first-order chi connectivity index (χ1) is 12.7. The number of rotatable bonds is 5. The fraction of sp³-hybridized carbons (Fsp3) is 0.111. The summed E-state index contributed by atoms with van der Waals surface area (Å²) >= 11 is 0. The first kappa shape index (κ1) is 16.0. The minimum atomic E-state index is -0.412. The smallest absolute Gasteiger partial charge is 0.270 e. The van der Waals surface area contributed by atoms with Crippen LogP contribution < -0.4 is 11.1 Å². The Morgan fingerprint density at radius 1 is 1.15 bits per heavy atom. The monoisotopic (exact) mass is 348 g/mol. The molecule has 130 valence electrons. The van der Waals surface area contributed by atoms with Crippen LogP contribution in [-0.2, 0) is 0 Å². The maximum Gasteiger partial charge on any atom is 0.270 e. The molecular formula is C18H16N6O2. The van der Waals surface area contributed by atoms with Gasteiger partial charge in [-0.15, -0.1) is 0 Å². The number of nitrogens with one attached hydrogen (secondary N) is 1. The highest BCUT2D eigenvalue weighted by molar-refractivity contribution is 5.84. The van der Waals surface area contributed by atoms with E-state index in [1.165, 1.54) is 12.1 Å². The van der Waals surface area contributed by atoms with E-state index in [9.17, 15) is 10.1 Å². The molecular weight excluding hydrogens is 332 g/mol. The van der Waals surface area contributed by atoms with Gasteiger partial charge in [-0.05, 0) is 12.1 Å². The zero-order valence-corrected chi connectivity index (χ0v) is 13.8. The van der Waals surface area contributed by atoms with Crippen LogP contribution in [-0.4, -0.2) is 32.4 Å². The van der Waals surface area contributed by atoms with Crippen molar-refractivity contribution in [2.24, 2.45) is 5.73 Å². The Labute approximate surface area is 148 Å². The predicted molar refractivity (Wildman–Crippen MR) is 100 cm³/mol. The standard InChI is InChI=1S/C18H16N6O2/c19-8-9-20-17-18-22-15(12-4-3-5-13(10-12)24(25)26)11-23(18)16-7-2-1-6-14(16)21-17/h1-7,10-11H,8-9,19H2,(H,20,21). The third kappa shape index (κ3) is 2.72. The normalized spacial score (nSPS) is 11.1. The molecule has 0 unspecified atom stereocenters. The summed E-state index contributed by atoms with van der Waals surface area (Å²) in [6.07, 6.45) is 1.87. The van der Waals surface area contributed by atoms with E-state index in [0.29, 0.717) is 35.8 Å². The molecule has 0 saturated heterocycles. The van der Waals surface area contributed by atoms with Crippen molar-refractivity contribution in [3.8, 4) is 11.3 Å². The Balaban J connectivity index is 1.94. The van der Waals surface area contributed by atoms with Crippen LogP contribution in [0, 0.1) is 10.1 Å². The lowest BCUT2D eigenvalue weighted by atomic mass is 10.1. The number of anilines is 1. The number of imidazole rings is 1. The van der Waals surface area contributed by atoms with Gasteiger partial charge in [0.1, 0.15) is 0 Å². The molecule has 0 aliphatic rings. The molecule has 4 rings (SSSR count). The van der Waals surface area contributed by atoms with Gasteiger partial charge in [0.2, 0.25) is 0 Å². The molecule has 0 radical (unpaired) electrons. The van der Waals surface area contributed by atoms with Crippen LogP contribution in [0.15, 0.2) is 54.7 Å². The van der Waals surface area contributed by atoms with Gasteiger partial charge in [0, 0.05) is 37.0 Å². The number of nitro groups is 1. The number of hydrogen-bond acceptors (Lipinski definition) is 6. The second-order valence-corrected chi connectivity index (χ2v) is 5.79. The summed E-state index contributed by atoms with van der Waals surface area (Å²) in [7, 11) is 0. The van der Waals surface area contributed by atoms with Gasteiger partial charge in [0.15, 0.2) is 11.5 Å². The van der Waals surface area contributed by atoms with E-state index in [1.54, 1.807) is 12.1 Å². The van der Waals surface area contributed by atoms with Crippen LogP contribution in [0.1, 0.15) is 0 Å². The van der Waals surface area contributed by atoms with Gasteiger partial charge in [-0.1, -0.05) is 24.3 Å². The molecule has 2 heterocycles. The maximum atomic E-state index is 11.1. The number of para-hydroxylation sites is 2. The van der Waals surface area contributed by atoms with Gasteiger partial charge in [0.25, 0.3) is 5.69 Å². The highest BCUT2D eigenvalue weighted by atomic mass is 16.6. The summed E-state index contributed by atoms with van der Waals surface area (Å²) < 4.78 is 1.94. The third-order valence-corrected chi connectivity index (χ3v) is 4.08. The minimum absolute atomic E-state index is 0.0315. The molecule has 0 bridgehead atoms. The molecule has 8 nitrogen and oxygen atoms in total. The molecule has 0 saturated carbocycles. The first-order valence-electron chi connectivity index (χ1n) is 8.14. The molecule has 0 aliphatic heterocycles. The highest BCUT2D eigenvalue weighted by Crippen LogP contribution is 2.28. The SMILES string of the molecule is NCCNc1nc2ccccc2n2cc(-c3cccc([N+](=O)[O-])c3)nc12. The third-order valence-electron chi connectivity index (χ3n) is 4.08. The fourth-order valence-corrected chi connectivity index (χ4v) is 2.89. The Hall–Kier alpha value is -3.52. The molecule has 0 fully saturated rings. The molecule has 3 N–H and O–H groups in total. The van der Waals surface area contributed by atoms with Gasteiger partial charge in [-0.25, -0.2) is 9.97 Å². The van der Waals surface area contributed by atoms with Crippen molar-refractivity contribution < 1.29 is 4.92 Å². The van der Waals surface area contributed by atoms with Crippen LogP contribution in [0.5, 0.6) is 0 Å². The van der Waals surface area contributed by atoms with Crippen molar-refractivity contribution in [3.05, 3.63) is 64.8 Å². The second-order valence-electron chi connectivity index (χ2n) is 5.79.